The summed E-state index contributed by atoms with van der Waals surface area (Å²) in [7, 11) is 1.61. The minimum absolute atomic E-state index is 0.00428. The molecule has 1 atom stereocenters. The second kappa shape index (κ2) is 11.3. The summed E-state index contributed by atoms with van der Waals surface area (Å²) in [6.07, 6.45) is 1.92. The molecule has 156 valence electrons. The van der Waals surface area contributed by atoms with E-state index < -0.39 is 5.82 Å². The van der Waals surface area contributed by atoms with E-state index in [1.807, 2.05) is 13.8 Å². The van der Waals surface area contributed by atoms with Gasteiger partial charge in [0.25, 0.3) is 5.23 Å². The summed E-state index contributed by atoms with van der Waals surface area (Å²) in [5.41, 5.74) is 0. The van der Waals surface area contributed by atoms with Gasteiger partial charge in [-0.2, -0.15) is 0 Å². The van der Waals surface area contributed by atoms with Crippen LogP contribution in [0, 0.1) is 11.7 Å². The largest absolute Gasteiger partial charge is 0.490 e. The highest BCUT2D eigenvalue weighted by atomic mass is 32.2. The first kappa shape index (κ1) is 22.5. The van der Waals surface area contributed by atoms with Crippen LogP contribution in [0.1, 0.15) is 33.6 Å². The normalized spacial score (nSPS) is 20.2. The number of carbonyl (C=O) groups is 1. The fourth-order valence-electron chi connectivity index (χ4n) is 2.86. The van der Waals surface area contributed by atoms with Gasteiger partial charge in [-0.1, -0.05) is 6.07 Å². The van der Waals surface area contributed by atoms with E-state index in [9.17, 15) is 9.18 Å². The van der Waals surface area contributed by atoms with Gasteiger partial charge in [0.15, 0.2) is 11.6 Å². The van der Waals surface area contributed by atoms with Crippen LogP contribution in [0.15, 0.2) is 28.1 Å². The van der Waals surface area contributed by atoms with Crippen LogP contribution in [-0.2, 0) is 14.3 Å². The first-order valence-corrected chi connectivity index (χ1v) is 10.3. The van der Waals surface area contributed by atoms with Gasteiger partial charge in [0.1, 0.15) is 0 Å². The fraction of sp³-hybridized carbons (Fsp3) is 0.600. The van der Waals surface area contributed by atoms with Crippen molar-refractivity contribution in [1.29, 1.82) is 0 Å². The van der Waals surface area contributed by atoms with E-state index in [4.69, 9.17) is 14.2 Å². The van der Waals surface area contributed by atoms with E-state index in [1.165, 1.54) is 6.92 Å². The molecule has 6 nitrogen and oxygen atoms in total. The minimum atomic E-state index is -0.399. The van der Waals surface area contributed by atoms with Crippen molar-refractivity contribution in [3.63, 3.8) is 0 Å². The van der Waals surface area contributed by atoms with Crippen molar-refractivity contribution in [3.8, 4) is 5.75 Å². The predicted octanol–water partition coefficient (Wildman–Crippen LogP) is 3.64. The second-order valence-electron chi connectivity index (χ2n) is 6.80. The number of carbonyl (C=O) groups excluding carboxylic acids is 1. The van der Waals surface area contributed by atoms with E-state index in [-0.39, 0.29) is 23.8 Å². The summed E-state index contributed by atoms with van der Waals surface area (Å²) < 4.78 is 31.5. The zero-order valence-corrected chi connectivity index (χ0v) is 17.7. The van der Waals surface area contributed by atoms with Crippen molar-refractivity contribution in [3.05, 3.63) is 24.0 Å². The Morgan fingerprint density at radius 1 is 1.43 bits per heavy atom. The lowest BCUT2D eigenvalue weighted by atomic mass is 9.83. The average molecular weight is 413 g/mol. The molecule has 2 rings (SSSR count). The van der Waals surface area contributed by atoms with Gasteiger partial charge in [0.05, 0.1) is 30.8 Å². The zero-order chi connectivity index (χ0) is 20.5. The molecule has 0 radical (unpaired) electrons. The Morgan fingerprint density at radius 2 is 2.18 bits per heavy atom. The number of hydrogen-bond acceptors (Lipinski definition) is 6. The number of amides is 1. The van der Waals surface area contributed by atoms with Gasteiger partial charge >= 0.3 is 0 Å². The SMILES string of the molecule is CCO/C(=N/C)Sc1cccc(OCC2CC(OCC(C)NC(C)=O)C2)c1F. The Labute approximate surface area is 170 Å². The van der Waals surface area contributed by atoms with Gasteiger partial charge in [-0.15, -0.1) is 0 Å². The van der Waals surface area contributed by atoms with Gasteiger partial charge in [-0.25, -0.2) is 9.38 Å². The second-order valence-corrected chi connectivity index (χ2v) is 7.79. The number of thioether (sulfide) groups is 1. The van der Waals surface area contributed by atoms with E-state index >= 15 is 0 Å². The summed E-state index contributed by atoms with van der Waals surface area (Å²) in [5.74, 6) is 0.121. The maximum Gasteiger partial charge on any atom is 0.250 e. The molecular weight excluding hydrogens is 383 g/mol. The number of nitrogens with one attached hydrogen (secondary N) is 1. The third kappa shape index (κ3) is 6.98. The monoisotopic (exact) mass is 412 g/mol. The van der Waals surface area contributed by atoms with Crippen LogP contribution >= 0.6 is 11.8 Å². The molecule has 1 aromatic carbocycles. The molecule has 1 aromatic rings. The Kier molecular flexibility index (Phi) is 9.05. The van der Waals surface area contributed by atoms with Gasteiger partial charge in [0.2, 0.25) is 5.91 Å². The molecule has 1 amide bonds. The Bertz CT molecular complexity index is 680. The number of rotatable bonds is 9. The molecule has 1 fully saturated rings. The van der Waals surface area contributed by atoms with Crippen molar-refractivity contribution < 1.29 is 23.4 Å². The minimum Gasteiger partial charge on any atom is -0.490 e. The summed E-state index contributed by atoms with van der Waals surface area (Å²) >= 11 is 1.14. The number of ether oxygens (including phenoxy) is 3. The highest BCUT2D eigenvalue weighted by Crippen LogP contribution is 2.33. The predicted molar refractivity (Wildman–Crippen MR) is 108 cm³/mol. The number of halogens is 1. The smallest absolute Gasteiger partial charge is 0.250 e. The Morgan fingerprint density at radius 3 is 2.82 bits per heavy atom. The van der Waals surface area contributed by atoms with Crippen molar-refractivity contribution in [2.24, 2.45) is 10.9 Å². The molecule has 0 saturated heterocycles. The highest BCUT2D eigenvalue weighted by Gasteiger charge is 2.31. The van der Waals surface area contributed by atoms with Crippen molar-refractivity contribution >= 4 is 22.9 Å². The van der Waals surface area contributed by atoms with Gasteiger partial charge < -0.3 is 19.5 Å². The average Bonchev–Trinajstić information content (AvgIpc) is 2.61. The van der Waals surface area contributed by atoms with Crippen molar-refractivity contribution in [1.82, 2.24) is 5.32 Å². The van der Waals surface area contributed by atoms with Crippen LogP contribution in [0.2, 0.25) is 0 Å². The lowest BCUT2D eigenvalue weighted by Crippen LogP contribution is -2.40. The van der Waals surface area contributed by atoms with E-state index in [0.29, 0.717) is 35.9 Å². The van der Waals surface area contributed by atoms with Crippen LogP contribution in [-0.4, -0.2) is 50.2 Å². The molecule has 0 bridgehead atoms. The molecule has 1 unspecified atom stereocenters. The number of nitrogens with zero attached hydrogens (tertiary/aromatic N) is 1. The van der Waals surface area contributed by atoms with Crippen molar-refractivity contribution in [2.45, 2.75) is 50.7 Å². The van der Waals surface area contributed by atoms with Crippen LogP contribution in [0.3, 0.4) is 0 Å². The zero-order valence-electron chi connectivity index (χ0n) is 16.9. The Balaban J connectivity index is 1.75. The molecule has 0 aliphatic heterocycles. The first-order chi connectivity index (χ1) is 13.4. The summed E-state index contributed by atoms with van der Waals surface area (Å²) in [6.45, 7) is 6.68. The lowest BCUT2D eigenvalue weighted by molar-refractivity contribution is -0.120. The van der Waals surface area contributed by atoms with Crippen molar-refractivity contribution in [2.75, 3.05) is 26.9 Å². The topological polar surface area (TPSA) is 69.2 Å². The molecule has 1 saturated carbocycles. The van der Waals surface area contributed by atoms with E-state index in [0.717, 1.165) is 24.6 Å². The molecule has 1 N–H and O–H groups in total. The molecule has 28 heavy (non-hydrogen) atoms. The van der Waals surface area contributed by atoms with Gasteiger partial charge in [0, 0.05) is 20.0 Å². The summed E-state index contributed by atoms with van der Waals surface area (Å²) in [5, 5.41) is 3.21. The maximum absolute atomic E-state index is 14.7. The van der Waals surface area contributed by atoms with Gasteiger partial charge in [-0.05, 0) is 56.5 Å². The number of benzene rings is 1. The molecule has 0 aromatic heterocycles. The lowest BCUT2D eigenvalue weighted by Gasteiger charge is -2.35. The van der Waals surface area contributed by atoms with E-state index in [2.05, 4.69) is 10.3 Å². The molecule has 0 spiro atoms. The molecule has 1 aliphatic rings. The highest BCUT2D eigenvalue weighted by molar-refractivity contribution is 8.13. The van der Waals surface area contributed by atoms with Crippen LogP contribution in [0.5, 0.6) is 5.75 Å². The fourth-order valence-corrected chi connectivity index (χ4v) is 3.65. The maximum atomic E-state index is 14.7. The van der Waals surface area contributed by atoms with Crippen LogP contribution in [0.4, 0.5) is 4.39 Å². The summed E-state index contributed by atoms with van der Waals surface area (Å²) in [6, 6.07) is 5.07. The number of aliphatic imine (C=N–C) groups is 1. The third-order valence-electron chi connectivity index (χ3n) is 4.27. The Hall–Kier alpha value is -1.80. The van der Waals surface area contributed by atoms with Crippen LogP contribution in [0.25, 0.3) is 0 Å². The molecule has 0 heterocycles. The van der Waals surface area contributed by atoms with Crippen LogP contribution < -0.4 is 10.1 Å². The standard InChI is InChI=1S/C20H29FN2O4S/c1-5-25-20(22-4)28-18-8-6-7-17(19(18)21)27-12-15-9-16(10-15)26-11-13(2)23-14(3)24/h6-8,13,15-16H,5,9-12H2,1-4H3,(H,23,24)/b22-20-. The van der Waals surface area contributed by atoms with E-state index in [1.54, 1.807) is 25.2 Å². The quantitative estimate of drug-likeness (QED) is 0.381. The molecule has 8 heteroatoms. The van der Waals surface area contributed by atoms with Gasteiger partial charge in [-0.3, -0.25) is 4.79 Å². The molecular formula is C20H29FN2O4S. The molecule has 1 aliphatic carbocycles. The first-order valence-electron chi connectivity index (χ1n) is 9.50. The third-order valence-corrected chi connectivity index (χ3v) is 5.28. The summed E-state index contributed by atoms with van der Waals surface area (Å²) in [4.78, 5) is 15.4. The number of hydrogen-bond donors (Lipinski definition) is 1.